The van der Waals surface area contributed by atoms with Crippen molar-refractivity contribution in [3.63, 3.8) is 0 Å². The molecule has 6 heteroatoms. The minimum atomic E-state index is 0.186. The molecule has 4 bridgehead atoms. The molecule has 1 N–H and O–H groups in total. The number of aromatic nitrogens is 4. The van der Waals surface area contributed by atoms with Gasteiger partial charge in [-0.3, -0.25) is 0 Å². The van der Waals surface area contributed by atoms with E-state index in [1.54, 1.807) is 0 Å². The van der Waals surface area contributed by atoms with Crippen LogP contribution < -0.4 is 5.32 Å². The smallest absolute Gasteiger partial charge is 0.254 e. The van der Waals surface area contributed by atoms with E-state index >= 15 is 0 Å². The number of aryl methyl sites for hydroxylation is 1. The lowest BCUT2D eigenvalue weighted by atomic mass is 9.49. The standard InChI is InChI=1S/C22H24BrN5/c1-13-6-19(25-18-4-2-17(23)3-5-18)28-21(24-13)26-20(27-28)22-10-14-7-15(11-22)9-16(8-14)12-22/h2-6,14-16,25H,7-12H2,1H3. The highest BCUT2D eigenvalue weighted by molar-refractivity contribution is 9.10. The van der Waals surface area contributed by atoms with Gasteiger partial charge < -0.3 is 5.32 Å². The van der Waals surface area contributed by atoms with Gasteiger partial charge in [0.1, 0.15) is 5.82 Å². The third-order valence-electron chi connectivity index (χ3n) is 7.07. The molecule has 0 radical (unpaired) electrons. The van der Waals surface area contributed by atoms with E-state index in [4.69, 9.17) is 10.1 Å². The SMILES string of the molecule is Cc1cc(Nc2ccc(Br)cc2)n2nc(C34CC5CC(CC(C5)C3)C4)nc2n1. The molecule has 4 saturated carbocycles. The Balaban J connectivity index is 1.42. The van der Waals surface area contributed by atoms with E-state index in [1.807, 2.05) is 29.6 Å². The van der Waals surface area contributed by atoms with Crippen LogP contribution in [-0.2, 0) is 5.41 Å². The predicted molar refractivity (Wildman–Crippen MR) is 113 cm³/mol. The second kappa shape index (κ2) is 6.02. The van der Waals surface area contributed by atoms with Crippen LogP contribution in [0.3, 0.4) is 0 Å². The molecule has 28 heavy (non-hydrogen) atoms. The van der Waals surface area contributed by atoms with Crippen molar-refractivity contribution in [3.05, 3.63) is 46.3 Å². The van der Waals surface area contributed by atoms with E-state index < -0.39 is 0 Å². The molecule has 0 saturated heterocycles. The number of rotatable bonds is 3. The zero-order valence-corrected chi connectivity index (χ0v) is 17.6. The Kier molecular flexibility index (Phi) is 3.65. The Morgan fingerprint density at radius 3 is 2.29 bits per heavy atom. The first-order valence-electron chi connectivity index (χ1n) is 10.3. The van der Waals surface area contributed by atoms with E-state index in [-0.39, 0.29) is 5.41 Å². The predicted octanol–water partition coefficient (Wildman–Crippen LogP) is 5.41. The van der Waals surface area contributed by atoms with Crippen LogP contribution in [0.15, 0.2) is 34.8 Å². The van der Waals surface area contributed by atoms with Gasteiger partial charge in [-0.05, 0) is 87.5 Å². The molecule has 0 amide bonds. The highest BCUT2D eigenvalue weighted by atomic mass is 79.9. The van der Waals surface area contributed by atoms with E-state index in [9.17, 15) is 0 Å². The minimum absolute atomic E-state index is 0.186. The summed E-state index contributed by atoms with van der Waals surface area (Å²) < 4.78 is 2.97. The molecule has 0 spiro atoms. The Labute approximate surface area is 173 Å². The van der Waals surface area contributed by atoms with Crippen molar-refractivity contribution in [2.45, 2.75) is 50.9 Å². The van der Waals surface area contributed by atoms with Crippen LogP contribution in [0.2, 0.25) is 0 Å². The summed E-state index contributed by atoms with van der Waals surface area (Å²) in [5.74, 6) is 5.32. The summed E-state index contributed by atoms with van der Waals surface area (Å²) in [6.45, 7) is 2.02. The molecule has 4 aliphatic rings. The number of hydrogen-bond donors (Lipinski definition) is 1. The zero-order chi connectivity index (χ0) is 18.9. The van der Waals surface area contributed by atoms with Gasteiger partial charge in [0.25, 0.3) is 5.78 Å². The molecule has 144 valence electrons. The number of benzene rings is 1. The normalized spacial score (nSPS) is 30.9. The number of nitrogens with zero attached hydrogens (tertiary/aromatic N) is 4. The fourth-order valence-corrected chi connectivity index (χ4v) is 6.63. The summed E-state index contributed by atoms with van der Waals surface area (Å²) >= 11 is 3.50. The Morgan fingerprint density at radius 1 is 1.00 bits per heavy atom. The third-order valence-corrected chi connectivity index (χ3v) is 7.60. The van der Waals surface area contributed by atoms with Gasteiger partial charge in [-0.15, -0.1) is 5.10 Å². The summed E-state index contributed by atoms with van der Waals surface area (Å²) in [5, 5.41) is 8.53. The molecule has 2 heterocycles. The van der Waals surface area contributed by atoms with E-state index in [0.29, 0.717) is 5.78 Å². The molecule has 4 aliphatic carbocycles. The van der Waals surface area contributed by atoms with Gasteiger partial charge in [0, 0.05) is 27.3 Å². The van der Waals surface area contributed by atoms with Gasteiger partial charge in [0.05, 0.1) is 0 Å². The molecule has 0 atom stereocenters. The van der Waals surface area contributed by atoms with Crippen LogP contribution in [0.4, 0.5) is 11.5 Å². The molecule has 3 aromatic rings. The van der Waals surface area contributed by atoms with E-state index in [1.165, 1.54) is 38.5 Å². The maximum Gasteiger partial charge on any atom is 0.254 e. The Bertz CT molecular complexity index is 1020. The van der Waals surface area contributed by atoms with Crippen LogP contribution in [0.25, 0.3) is 5.78 Å². The van der Waals surface area contributed by atoms with Crippen LogP contribution in [0, 0.1) is 24.7 Å². The van der Waals surface area contributed by atoms with E-state index in [0.717, 1.165) is 45.3 Å². The lowest BCUT2D eigenvalue weighted by molar-refractivity contribution is -0.00925. The molecular weight excluding hydrogens is 414 g/mol. The van der Waals surface area contributed by atoms with Crippen LogP contribution in [-0.4, -0.2) is 19.6 Å². The third kappa shape index (κ3) is 2.68. The topological polar surface area (TPSA) is 55.1 Å². The number of anilines is 2. The highest BCUT2D eigenvalue weighted by Crippen LogP contribution is 2.60. The Morgan fingerprint density at radius 2 is 1.64 bits per heavy atom. The van der Waals surface area contributed by atoms with Crippen LogP contribution >= 0.6 is 15.9 Å². The van der Waals surface area contributed by atoms with Gasteiger partial charge in [-0.1, -0.05) is 15.9 Å². The summed E-state index contributed by atoms with van der Waals surface area (Å²) in [6.07, 6.45) is 8.10. The fourth-order valence-electron chi connectivity index (χ4n) is 6.37. The van der Waals surface area contributed by atoms with Crippen molar-refractivity contribution >= 4 is 33.2 Å². The average molecular weight is 438 g/mol. The Hall–Kier alpha value is -1.95. The highest BCUT2D eigenvalue weighted by Gasteiger charge is 2.53. The van der Waals surface area contributed by atoms with E-state index in [2.05, 4.69) is 38.4 Å². The monoisotopic (exact) mass is 437 g/mol. The second-order valence-electron chi connectivity index (χ2n) is 9.26. The quantitative estimate of drug-likeness (QED) is 0.595. The van der Waals surface area contributed by atoms with Crippen molar-refractivity contribution in [2.75, 3.05) is 5.32 Å². The largest absolute Gasteiger partial charge is 0.340 e. The van der Waals surface area contributed by atoms with Crippen molar-refractivity contribution < 1.29 is 0 Å². The first kappa shape index (κ1) is 17.0. The molecule has 4 fully saturated rings. The molecular formula is C22H24BrN5. The molecule has 5 nitrogen and oxygen atoms in total. The zero-order valence-electron chi connectivity index (χ0n) is 16.0. The summed E-state index contributed by atoms with van der Waals surface area (Å²) in [6, 6.07) is 10.2. The number of nitrogens with one attached hydrogen (secondary N) is 1. The molecule has 2 aromatic heterocycles. The average Bonchev–Trinajstić information content (AvgIpc) is 3.07. The maximum absolute atomic E-state index is 5.03. The number of halogens is 1. The second-order valence-corrected chi connectivity index (χ2v) is 10.2. The fraction of sp³-hybridized carbons (Fsp3) is 0.500. The van der Waals surface area contributed by atoms with Crippen molar-refractivity contribution in [1.82, 2.24) is 19.6 Å². The summed E-state index contributed by atoms with van der Waals surface area (Å²) in [7, 11) is 0. The summed E-state index contributed by atoms with van der Waals surface area (Å²) in [4.78, 5) is 9.66. The first-order chi connectivity index (χ1) is 13.6. The van der Waals surface area contributed by atoms with Gasteiger partial charge >= 0.3 is 0 Å². The van der Waals surface area contributed by atoms with Crippen LogP contribution in [0.5, 0.6) is 0 Å². The molecule has 0 unspecified atom stereocenters. The first-order valence-corrected chi connectivity index (χ1v) is 11.1. The molecule has 1 aromatic carbocycles. The van der Waals surface area contributed by atoms with Gasteiger partial charge in [0.15, 0.2) is 5.82 Å². The van der Waals surface area contributed by atoms with Gasteiger partial charge in [-0.25, -0.2) is 4.98 Å². The molecule has 0 aliphatic heterocycles. The van der Waals surface area contributed by atoms with Crippen molar-refractivity contribution in [1.29, 1.82) is 0 Å². The lowest BCUT2D eigenvalue weighted by Crippen LogP contribution is -2.49. The lowest BCUT2D eigenvalue weighted by Gasteiger charge is -2.55. The maximum atomic E-state index is 5.03. The van der Waals surface area contributed by atoms with Crippen molar-refractivity contribution in [2.24, 2.45) is 17.8 Å². The minimum Gasteiger partial charge on any atom is -0.340 e. The van der Waals surface area contributed by atoms with Gasteiger partial charge in [0.2, 0.25) is 0 Å². The van der Waals surface area contributed by atoms with Crippen molar-refractivity contribution in [3.8, 4) is 0 Å². The number of fused-ring (bicyclic) bond motifs is 1. The number of hydrogen-bond acceptors (Lipinski definition) is 4. The molecule has 7 rings (SSSR count). The van der Waals surface area contributed by atoms with Crippen LogP contribution in [0.1, 0.15) is 50.0 Å². The van der Waals surface area contributed by atoms with Gasteiger partial charge in [-0.2, -0.15) is 9.50 Å². The summed E-state index contributed by atoms with van der Waals surface area (Å²) in [5.41, 5.74) is 2.17.